The molecule has 1 heterocycles. The van der Waals surface area contributed by atoms with Gasteiger partial charge in [0.25, 0.3) is 0 Å². The first kappa shape index (κ1) is 8.73. The highest BCUT2D eigenvalue weighted by Gasteiger charge is 2.04. The Bertz CT molecular complexity index is 496. The van der Waals surface area contributed by atoms with E-state index in [1.54, 1.807) is 7.11 Å². The molecule has 4 nitrogen and oxygen atoms in total. The van der Waals surface area contributed by atoms with Crippen molar-refractivity contribution in [2.75, 3.05) is 7.11 Å². The lowest BCUT2D eigenvalue weighted by Crippen LogP contribution is -1.86. The predicted molar refractivity (Wildman–Crippen MR) is 51.5 cm³/mol. The zero-order chi connectivity index (χ0) is 9.97. The normalized spacial score (nSPS) is 10.3. The van der Waals surface area contributed by atoms with Gasteiger partial charge in [-0.25, -0.2) is 0 Å². The molecule has 0 aliphatic heterocycles. The van der Waals surface area contributed by atoms with E-state index in [-0.39, 0.29) is 0 Å². The average Bonchev–Trinajstić information content (AvgIpc) is 2.60. The number of H-pyrrole nitrogens is 1. The third-order valence-electron chi connectivity index (χ3n) is 2.04. The second-order valence-corrected chi connectivity index (χ2v) is 3.00. The van der Waals surface area contributed by atoms with Gasteiger partial charge in [-0.1, -0.05) is 6.07 Å². The molecule has 0 atom stereocenters. The van der Waals surface area contributed by atoms with Crippen molar-refractivity contribution in [2.45, 2.75) is 6.61 Å². The summed E-state index contributed by atoms with van der Waals surface area (Å²) in [7, 11) is 1.64. The van der Waals surface area contributed by atoms with Crippen LogP contribution in [-0.2, 0) is 11.3 Å². The fourth-order valence-electron chi connectivity index (χ4n) is 1.40. The van der Waals surface area contributed by atoms with Crippen LogP contribution in [0.3, 0.4) is 0 Å². The van der Waals surface area contributed by atoms with E-state index >= 15 is 0 Å². The lowest BCUT2D eigenvalue weighted by molar-refractivity contribution is 0.185. The standard InChI is InChI=1S/C10H9N3O/c1-14-6-7-2-3-9-8(4-7)10(5-11)13-12-9/h2-4H,6H2,1H3,(H,12,13). The number of rotatable bonds is 2. The first-order valence-electron chi connectivity index (χ1n) is 4.21. The van der Waals surface area contributed by atoms with E-state index in [2.05, 4.69) is 10.2 Å². The van der Waals surface area contributed by atoms with Crippen LogP contribution in [0.25, 0.3) is 10.9 Å². The second kappa shape index (κ2) is 3.48. The van der Waals surface area contributed by atoms with Gasteiger partial charge in [-0.05, 0) is 17.7 Å². The van der Waals surface area contributed by atoms with Crippen molar-refractivity contribution in [3.8, 4) is 6.07 Å². The van der Waals surface area contributed by atoms with Crippen molar-refractivity contribution in [1.82, 2.24) is 10.2 Å². The monoisotopic (exact) mass is 187 g/mol. The zero-order valence-electron chi connectivity index (χ0n) is 7.74. The summed E-state index contributed by atoms with van der Waals surface area (Å²) in [5.74, 6) is 0. The van der Waals surface area contributed by atoms with Crippen LogP contribution in [0.1, 0.15) is 11.3 Å². The maximum absolute atomic E-state index is 8.78. The van der Waals surface area contributed by atoms with Crippen LogP contribution < -0.4 is 0 Å². The van der Waals surface area contributed by atoms with Gasteiger partial charge in [0.15, 0.2) is 5.69 Å². The predicted octanol–water partition coefficient (Wildman–Crippen LogP) is 1.58. The van der Waals surface area contributed by atoms with Crippen LogP contribution in [0.4, 0.5) is 0 Å². The smallest absolute Gasteiger partial charge is 0.170 e. The van der Waals surface area contributed by atoms with Crippen LogP contribution in [0, 0.1) is 11.3 Å². The van der Waals surface area contributed by atoms with Gasteiger partial charge in [-0.2, -0.15) is 10.4 Å². The van der Waals surface area contributed by atoms with Gasteiger partial charge >= 0.3 is 0 Å². The van der Waals surface area contributed by atoms with Crippen LogP contribution in [0.15, 0.2) is 18.2 Å². The summed E-state index contributed by atoms with van der Waals surface area (Å²) in [6.07, 6.45) is 0. The van der Waals surface area contributed by atoms with E-state index in [1.807, 2.05) is 24.3 Å². The molecule has 0 fully saturated rings. The Hall–Kier alpha value is -1.86. The summed E-state index contributed by atoms with van der Waals surface area (Å²) >= 11 is 0. The van der Waals surface area contributed by atoms with E-state index in [0.717, 1.165) is 16.5 Å². The number of methoxy groups -OCH3 is 1. The number of aromatic nitrogens is 2. The minimum absolute atomic E-state index is 0.429. The maximum Gasteiger partial charge on any atom is 0.170 e. The van der Waals surface area contributed by atoms with Crippen molar-refractivity contribution in [3.05, 3.63) is 29.5 Å². The third-order valence-corrected chi connectivity index (χ3v) is 2.04. The summed E-state index contributed by atoms with van der Waals surface area (Å²) in [5, 5.41) is 16.3. The van der Waals surface area contributed by atoms with Gasteiger partial charge in [-0.3, -0.25) is 5.10 Å². The molecule has 0 unspecified atom stereocenters. The van der Waals surface area contributed by atoms with E-state index in [4.69, 9.17) is 10.00 Å². The van der Waals surface area contributed by atoms with Crippen LogP contribution in [-0.4, -0.2) is 17.3 Å². The molecule has 0 aliphatic carbocycles. The lowest BCUT2D eigenvalue weighted by Gasteiger charge is -1.98. The molecular formula is C10H9N3O. The molecule has 0 saturated carbocycles. The summed E-state index contributed by atoms with van der Waals surface area (Å²) in [4.78, 5) is 0. The lowest BCUT2D eigenvalue weighted by atomic mass is 10.1. The van der Waals surface area contributed by atoms with Gasteiger partial charge in [0, 0.05) is 12.5 Å². The van der Waals surface area contributed by atoms with E-state index in [9.17, 15) is 0 Å². The molecule has 0 aliphatic rings. The highest BCUT2D eigenvalue weighted by molar-refractivity contribution is 5.84. The molecule has 0 bridgehead atoms. The van der Waals surface area contributed by atoms with Gasteiger partial charge in [0.2, 0.25) is 0 Å². The molecule has 70 valence electrons. The Kier molecular flexibility index (Phi) is 2.17. The van der Waals surface area contributed by atoms with Crippen molar-refractivity contribution in [1.29, 1.82) is 5.26 Å². The molecule has 1 N–H and O–H groups in total. The summed E-state index contributed by atoms with van der Waals surface area (Å²) in [5.41, 5.74) is 2.34. The minimum atomic E-state index is 0.429. The van der Waals surface area contributed by atoms with Crippen molar-refractivity contribution < 1.29 is 4.74 Å². The number of nitriles is 1. The zero-order valence-corrected chi connectivity index (χ0v) is 7.74. The Balaban J connectivity index is 2.57. The molecule has 0 radical (unpaired) electrons. The molecule has 0 spiro atoms. The van der Waals surface area contributed by atoms with Gasteiger partial charge < -0.3 is 4.74 Å². The number of aromatic amines is 1. The number of nitrogens with one attached hydrogen (secondary N) is 1. The third kappa shape index (κ3) is 1.34. The molecule has 1 aromatic carbocycles. The molecule has 14 heavy (non-hydrogen) atoms. The van der Waals surface area contributed by atoms with Crippen LogP contribution >= 0.6 is 0 Å². The highest BCUT2D eigenvalue weighted by Crippen LogP contribution is 2.17. The summed E-state index contributed by atoms with van der Waals surface area (Å²) < 4.78 is 5.01. The van der Waals surface area contributed by atoms with Gasteiger partial charge in [0.1, 0.15) is 6.07 Å². The maximum atomic E-state index is 8.78. The summed E-state index contributed by atoms with van der Waals surface area (Å²) in [6, 6.07) is 7.80. The van der Waals surface area contributed by atoms with E-state index in [1.165, 1.54) is 0 Å². The Morgan fingerprint density at radius 2 is 2.43 bits per heavy atom. The van der Waals surface area contributed by atoms with Crippen molar-refractivity contribution >= 4 is 10.9 Å². The molecule has 2 aromatic rings. The topological polar surface area (TPSA) is 61.7 Å². The fraction of sp³-hybridized carbons (Fsp3) is 0.200. The molecule has 0 saturated heterocycles. The minimum Gasteiger partial charge on any atom is -0.380 e. The van der Waals surface area contributed by atoms with Crippen molar-refractivity contribution in [3.63, 3.8) is 0 Å². The number of nitrogens with zero attached hydrogens (tertiary/aromatic N) is 2. The second-order valence-electron chi connectivity index (χ2n) is 3.00. The van der Waals surface area contributed by atoms with Gasteiger partial charge in [0.05, 0.1) is 12.1 Å². The number of hydrogen-bond acceptors (Lipinski definition) is 3. The molecule has 4 heteroatoms. The number of hydrogen-bond donors (Lipinski definition) is 1. The van der Waals surface area contributed by atoms with Crippen molar-refractivity contribution in [2.24, 2.45) is 0 Å². The van der Waals surface area contributed by atoms with E-state index < -0.39 is 0 Å². The molecule has 0 amide bonds. The number of fused-ring (bicyclic) bond motifs is 1. The Morgan fingerprint density at radius 3 is 3.14 bits per heavy atom. The number of benzene rings is 1. The summed E-state index contributed by atoms with van der Waals surface area (Å²) in [6.45, 7) is 0.548. The quantitative estimate of drug-likeness (QED) is 0.776. The molecule has 2 rings (SSSR count). The molecular weight excluding hydrogens is 178 g/mol. The fourth-order valence-corrected chi connectivity index (χ4v) is 1.40. The first-order valence-corrected chi connectivity index (χ1v) is 4.21. The van der Waals surface area contributed by atoms with Gasteiger partial charge in [-0.15, -0.1) is 0 Å². The largest absolute Gasteiger partial charge is 0.380 e. The highest BCUT2D eigenvalue weighted by atomic mass is 16.5. The SMILES string of the molecule is COCc1ccc2[nH]nc(C#N)c2c1. The van der Waals surface area contributed by atoms with Crippen LogP contribution in [0.5, 0.6) is 0 Å². The van der Waals surface area contributed by atoms with Crippen LogP contribution in [0.2, 0.25) is 0 Å². The average molecular weight is 187 g/mol. The number of ether oxygens (including phenoxy) is 1. The first-order chi connectivity index (χ1) is 6.85. The molecule has 1 aromatic heterocycles. The van der Waals surface area contributed by atoms with E-state index in [0.29, 0.717) is 12.3 Å². The Labute approximate surface area is 81.1 Å². The Morgan fingerprint density at radius 1 is 1.57 bits per heavy atom.